The molecular formula is C31H32FN5O2. The Morgan fingerprint density at radius 3 is 2.54 bits per heavy atom. The number of ketones is 1. The third-order valence-corrected chi connectivity index (χ3v) is 6.73. The number of rotatable bonds is 8. The van der Waals surface area contributed by atoms with Crippen LogP contribution in [0.5, 0.6) is 11.6 Å². The summed E-state index contributed by atoms with van der Waals surface area (Å²) in [5, 5.41) is 9.95. The SMILES string of the molecule is Cc1ccc(-n2nc(C(C)(C)C)cc2CC(=O)CCc2cc(F)ccc2Oc2cc3cnn(C)c3cn2)cc1. The molecule has 39 heavy (non-hydrogen) atoms. The molecule has 0 aliphatic rings. The Morgan fingerprint density at radius 2 is 1.79 bits per heavy atom. The molecule has 7 nitrogen and oxygen atoms in total. The predicted molar refractivity (Wildman–Crippen MR) is 149 cm³/mol. The van der Waals surface area contributed by atoms with Gasteiger partial charge in [0.2, 0.25) is 5.88 Å². The van der Waals surface area contributed by atoms with Gasteiger partial charge in [-0.1, -0.05) is 38.5 Å². The van der Waals surface area contributed by atoms with E-state index in [0.717, 1.165) is 33.5 Å². The second-order valence-electron chi connectivity index (χ2n) is 10.9. The Kier molecular flexibility index (Phi) is 7.04. The average Bonchev–Trinajstić information content (AvgIpc) is 3.48. The standard InChI is InChI=1S/C31H32FN5O2/c1-20-6-10-24(11-7-20)37-25(17-29(35-37)31(2,3)4)16-26(38)12-8-21-14-23(32)9-13-28(21)39-30-15-22-18-34-36(5)27(22)19-33-30/h6-7,9-11,13-15,17-19H,8,12,16H2,1-5H3. The number of hydrogen-bond acceptors (Lipinski definition) is 5. The maximum absolute atomic E-state index is 14.2. The van der Waals surface area contributed by atoms with Gasteiger partial charge in [0.05, 0.1) is 35.0 Å². The highest BCUT2D eigenvalue weighted by atomic mass is 19.1. The van der Waals surface area contributed by atoms with Crippen molar-refractivity contribution in [3.63, 3.8) is 0 Å². The van der Waals surface area contributed by atoms with Crippen LogP contribution in [-0.4, -0.2) is 30.3 Å². The van der Waals surface area contributed by atoms with Crippen LogP contribution in [0.25, 0.3) is 16.6 Å². The van der Waals surface area contributed by atoms with Gasteiger partial charge in [-0.3, -0.25) is 9.48 Å². The molecule has 2 aromatic carbocycles. The second kappa shape index (κ2) is 10.4. The minimum absolute atomic E-state index is 0.0360. The summed E-state index contributed by atoms with van der Waals surface area (Å²) in [7, 11) is 1.84. The fraction of sp³-hybridized carbons (Fsp3) is 0.290. The zero-order valence-electron chi connectivity index (χ0n) is 22.9. The van der Waals surface area contributed by atoms with Crippen molar-refractivity contribution in [3.05, 3.63) is 95.3 Å². The van der Waals surface area contributed by atoms with Gasteiger partial charge in [0.25, 0.3) is 0 Å². The van der Waals surface area contributed by atoms with Crippen molar-refractivity contribution >= 4 is 16.7 Å². The molecule has 200 valence electrons. The Bertz CT molecular complexity index is 1640. The van der Waals surface area contributed by atoms with Crippen LogP contribution in [0.15, 0.2) is 67.0 Å². The van der Waals surface area contributed by atoms with E-state index in [1.165, 1.54) is 12.1 Å². The third-order valence-electron chi connectivity index (χ3n) is 6.73. The van der Waals surface area contributed by atoms with Gasteiger partial charge >= 0.3 is 0 Å². The lowest BCUT2D eigenvalue weighted by Gasteiger charge is -2.14. The third kappa shape index (κ3) is 5.90. The van der Waals surface area contributed by atoms with Crippen LogP contribution in [0.3, 0.4) is 0 Å². The van der Waals surface area contributed by atoms with Crippen molar-refractivity contribution in [1.29, 1.82) is 0 Å². The summed E-state index contributed by atoms with van der Waals surface area (Å²) in [6.07, 6.45) is 4.22. The van der Waals surface area contributed by atoms with Crippen molar-refractivity contribution in [2.24, 2.45) is 7.05 Å². The van der Waals surface area contributed by atoms with Crippen molar-refractivity contribution in [1.82, 2.24) is 24.5 Å². The first kappa shape index (κ1) is 26.3. The number of halogens is 1. The first-order valence-corrected chi connectivity index (χ1v) is 13.0. The zero-order valence-corrected chi connectivity index (χ0v) is 22.9. The van der Waals surface area contributed by atoms with Crippen molar-refractivity contribution < 1.29 is 13.9 Å². The van der Waals surface area contributed by atoms with Crippen LogP contribution < -0.4 is 4.74 Å². The molecule has 3 aromatic heterocycles. The van der Waals surface area contributed by atoms with E-state index >= 15 is 0 Å². The van der Waals surface area contributed by atoms with Gasteiger partial charge in [-0.25, -0.2) is 14.1 Å². The van der Waals surface area contributed by atoms with Crippen LogP contribution in [0, 0.1) is 12.7 Å². The number of carbonyl (C=O) groups excluding carboxylic acids is 1. The number of hydrogen-bond donors (Lipinski definition) is 0. The molecule has 0 atom stereocenters. The molecule has 0 saturated carbocycles. The van der Waals surface area contributed by atoms with E-state index in [-0.39, 0.29) is 29.9 Å². The number of pyridine rings is 1. The summed E-state index contributed by atoms with van der Waals surface area (Å²) < 4.78 is 23.8. The molecule has 0 radical (unpaired) electrons. The number of nitrogens with zero attached hydrogens (tertiary/aromatic N) is 5. The molecular weight excluding hydrogens is 493 g/mol. The van der Waals surface area contributed by atoms with Crippen LogP contribution >= 0.6 is 0 Å². The lowest BCUT2D eigenvalue weighted by Crippen LogP contribution is -2.12. The van der Waals surface area contributed by atoms with Crippen molar-refractivity contribution in [3.8, 4) is 17.3 Å². The summed E-state index contributed by atoms with van der Waals surface area (Å²) in [6, 6.07) is 16.2. The van der Waals surface area contributed by atoms with E-state index in [9.17, 15) is 9.18 Å². The maximum atomic E-state index is 14.2. The molecule has 0 bridgehead atoms. The van der Waals surface area contributed by atoms with Crippen LogP contribution in [0.4, 0.5) is 4.39 Å². The van der Waals surface area contributed by atoms with E-state index in [1.54, 1.807) is 29.2 Å². The number of aryl methyl sites for hydroxylation is 3. The Labute approximate surface area is 227 Å². The predicted octanol–water partition coefficient (Wildman–Crippen LogP) is 6.44. The summed E-state index contributed by atoms with van der Waals surface area (Å²) >= 11 is 0. The minimum atomic E-state index is -0.382. The summed E-state index contributed by atoms with van der Waals surface area (Å²) in [6.45, 7) is 8.35. The highest BCUT2D eigenvalue weighted by Crippen LogP contribution is 2.29. The molecule has 0 amide bonds. The number of aromatic nitrogens is 5. The number of carbonyl (C=O) groups is 1. The summed E-state index contributed by atoms with van der Waals surface area (Å²) in [4.78, 5) is 17.6. The molecule has 5 aromatic rings. The van der Waals surface area contributed by atoms with Gasteiger partial charge < -0.3 is 4.74 Å². The quantitative estimate of drug-likeness (QED) is 0.233. The number of Topliss-reactive ketones (excluding diaryl/α,β-unsaturated/α-hetero) is 1. The molecule has 0 aliphatic carbocycles. The number of benzene rings is 2. The highest BCUT2D eigenvalue weighted by Gasteiger charge is 2.22. The Morgan fingerprint density at radius 1 is 1.03 bits per heavy atom. The largest absolute Gasteiger partial charge is 0.439 e. The smallest absolute Gasteiger partial charge is 0.219 e. The highest BCUT2D eigenvalue weighted by molar-refractivity contribution is 5.81. The van der Waals surface area contributed by atoms with E-state index in [1.807, 2.05) is 49.0 Å². The first-order valence-electron chi connectivity index (χ1n) is 13.0. The Balaban J connectivity index is 1.33. The molecule has 0 saturated heterocycles. The topological polar surface area (TPSA) is 74.8 Å². The molecule has 5 rings (SSSR count). The molecule has 0 spiro atoms. The number of ether oxygens (including phenoxy) is 1. The lowest BCUT2D eigenvalue weighted by atomic mass is 9.92. The van der Waals surface area contributed by atoms with Gasteiger partial charge in [0, 0.05) is 36.8 Å². The monoisotopic (exact) mass is 525 g/mol. The van der Waals surface area contributed by atoms with E-state index in [0.29, 0.717) is 23.6 Å². The van der Waals surface area contributed by atoms with Crippen LogP contribution in [0.2, 0.25) is 0 Å². The van der Waals surface area contributed by atoms with E-state index < -0.39 is 0 Å². The fourth-order valence-electron chi connectivity index (χ4n) is 4.43. The molecule has 3 heterocycles. The van der Waals surface area contributed by atoms with E-state index in [4.69, 9.17) is 9.84 Å². The van der Waals surface area contributed by atoms with Gasteiger partial charge in [0.1, 0.15) is 17.3 Å². The fourth-order valence-corrected chi connectivity index (χ4v) is 4.43. The summed E-state index contributed by atoms with van der Waals surface area (Å²) in [5.41, 5.74) is 5.16. The summed E-state index contributed by atoms with van der Waals surface area (Å²) in [5.74, 6) is 0.507. The molecule has 0 aliphatic heterocycles. The first-order chi connectivity index (χ1) is 18.6. The second-order valence-corrected chi connectivity index (χ2v) is 10.9. The minimum Gasteiger partial charge on any atom is -0.439 e. The normalized spacial score (nSPS) is 11.7. The van der Waals surface area contributed by atoms with Crippen LogP contribution in [-0.2, 0) is 30.1 Å². The molecule has 8 heteroatoms. The number of fused-ring (bicyclic) bond motifs is 1. The van der Waals surface area contributed by atoms with Gasteiger partial charge in [-0.15, -0.1) is 0 Å². The zero-order chi connectivity index (χ0) is 27.7. The average molecular weight is 526 g/mol. The maximum Gasteiger partial charge on any atom is 0.219 e. The van der Waals surface area contributed by atoms with Crippen molar-refractivity contribution in [2.45, 2.75) is 52.4 Å². The lowest BCUT2D eigenvalue weighted by molar-refractivity contribution is -0.118. The molecule has 0 N–H and O–H groups in total. The molecule has 0 unspecified atom stereocenters. The molecule has 0 fully saturated rings. The Hall–Kier alpha value is -4.33. The van der Waals surface area contributed by atoms with Gasteiger partial charge in [0.15, 0.2) is 0 Å². The van der Waals surface area contributed by atoms with Gasteiger partial charge in [-0.05, 0) is 55.3 Å². The van der Waals surface area contributed by atoms with Crippen LogP contribution in [0.1, 0.15) is 49.7 Å². The van der Waals surface area contributed by atoms with E-state index in [2.05, 4.69) is 30.9 Å². The van der Waals surface area contributed by atoms with Crippen molar-refractivity contribution in [2.75, 3.05) is 0 Å². The van der Waals surface area contributed by atoms with Gasteiger partial charge in [-0.2, -0.15) is 10.2 Å².